The number of carbonyl (C=O) groups excluding carboxylic acids is 1. The fourth-order valence-corrected chi connectivity index (χ4v) is 1.58. The quantitative estimate of drug-likeness (QED) is 0.794. The molecule has 0 aliphatic carbocycles. The minimum Gasteiger partial charge on any atom is -0.329 e. The molecule has 3 nitrogen and oxygen atoms in total. The molecule has 0 unspecified atom stereocenters. The number of rotatable bonds is 3. The number of benzene rings is 1. The van der Waals surface area contributed by atoms with Crippen LogP contribution in [-0.2, 0) is 4.79 Å². The SMILES string of the molecule is Cc1cc(-c2cccc(NC=O)c2)ccn1. The summed E-state index contributed by atoms with van der Waals surface area (Å²) in [5.74, 6) is 0. The third-order valence-corrected chi connectivity index (χ3v) is 2.32. The summed E-state index contributed by atoms with van der Waals surface area (Å²) in [5, 5.41) is 2.64. The molecular formula is C13H12N2O. The first kappa shape index (κ1) is 10.4. The van der Waals surface area contributed by atoms with Crippen LogP contribution in [0.4, 0.5) is 5.69 Å². The van der Waals surface area contributed by atoms with Gasteiger partial charge in [0.05, 0.1) is 0 Å². The van der Waals surface area contributed by atoms with Gasteiger partial charge in [0.1, 0.15) is 0 Å². The highest BCUT2D eigenvalue weighted by molar-refractivity contribution is 5.75. The van der Waals surface area contributed by atoms with E-state index in [1.54, 1.807) is 6.20 Å². The van der Waals surface area contributed by atoms with Gasteiger partial charge in [0.25, 0.3) is 0 Å². The lowest BCUT2D eigenvalue weighted by Crippen LogP contribution is -1.93. The molecular weight excluding hydrogens is 200 g/mol. The number of aromatic nitrogens is 1. The van der Waals surface area contributed by atoms with E-state index in [9.17, 15) is 4.79 Å². The molecule has 0 atom stereocenters. The van der Waals surface area contributed by atoms with Crippen LogP contribution in [0.5, 0.6) is 0 Å². The van der Waals surface area contributed by atoms with Crippen LogP contribution in [0.3, 0.4) is 0 Å². The van der Waals surface area contributed by atoms with Crippen molar-refractivity contribution < 1.29 is 4.79 Å². The highest BCUT2D eigenvalue weighted by Crippen LogP contribution is 2.22. The maximum atomic E-state index is 10.4. The van der Waals surface area contributed by atoms with Gasteiger partial charge in [-0.25, -0.2) is 0 Å². The smallest absolute Gasteiger partial charge is 0.211 e. The highest BCUT2D eigenvalue weighted by atomic mass is 16.1. The molecule has 1 heterocycles. The van der Waals surface area contributed by atoms with Crippen LogP contribution in [0, 0.1) is 6.92 Å². The predicted octanol–water partition coefficient (Wildman–Crippen LogP) is 2.63. The van der Waals surface area contributed by atoms with Crippen LogP contribution in [0.1, 0.15) is 5.69 Å². The summed E-state index contributed by atoms with van der Waals surface area (Å²) in [7, 11) is 0. The number of pyridine rings is 1. The molecule has 1 aromatic carbocycles. The van der Waals surface area contributed by atoms with Gasteiger partial charge in [0, 0.05) is 17.6 Å². The minimum absolute atomic E-state index is 0.677. The van der Waals surface area contributed by atoms with Gasteiger partial charge in [-0.2, -0.15) is 0 Å². The normalized spacial score (nSPS) is 9.81. The zero-order valence-corrected chi connectivity index (χ0v) is 8.97. The zero-order chi connectivity index (χ0) is 11.4. The van der Waals surface area contributed by atoms with Gasteiger partial charge in [-0.3, -0.25) is 9.78 Å². The summed E-state index contributed by atoms with van der Waals surface area (Å²) >= 11 is 0. The molecule has 2 aromatic rings. The second-order valence-corrected chi connectivity index (χ2v) is 3.53. The van der Waals surface area contributed by atoms with E-state index in [2.05, 4.69) is 10.3 Å². The van der Waals surface area contributed by atoms with Crippen LogP contribution in [0.25, 0.3) is 11.1 Å². The second kappa shape index (κ2) is 4.57. The maximum Gasteiger partial charge on any atom is 0.211 e. The lowest BCUT2D eigenvalue weighted by atomic mass is 10.1. The van der Waals surface area contributed by atoms with Gasteiger partial charge in [0.15, 0.2) is 0 Å². The number of aryl methyl sites for hydroxylation is 1. The number of nitrogens with one attached hydrogen (secondary N) is 1. The summed E-state index contributed by atoms with van der Waals surface area (Å²) in [4.78, 5) is 14.5. The number of carbonyl (C=O) groups is 1. The molecule has 0 aliphatic rings. The Labute approximate surface area is 94.1 Å². The molecule has 0 bridgehead atoms. The van der Waals surface area contributed by atoms with Crippen LogP contribution < -0.4 is 5.32 Å². The second-order valence-electron chi connectivity index (χ2n) is 3.53. The number of amides is 1. The minimum atomic E-state index is 0.677. The van der Waals surface area contributed by atoms with E-state index in [-0.39, 0.29) is 0 Å². The molecule has 16 heavy (non-hydrogen) atoms. The fourth-order valence-electron chi connectivity index (χ4n) is 1.58. The number of hydrogen-bond acceptors (Lipinski definition) is 2. The first-order valence-electron chi connectivity index (χ1n) is 5.03. The van der Waals surface area contributed by atoms with E-state index in [1.165, 1.54) is 0 Å². The Morgan fingerprint density at radius 3 is 2.75 bits per heavy atom. The Hall–Kier alpha value is -2.16. The van der Waals surface area contributed by atoms with Gasteiger partial charge in [-0.1, -0.05) is 12.1 Å². The Morgan fingerprint density at radius 1 is 1.19 bits per heavy atom. The summed E-state index contributed by atoms with van der Waals surface area (Å²) in [5.41, 5.74) is 3.94. The molecule has 0 spiro atoms. The van der Waals surface area contributed by atoms with Crippen molar-refractivity contribution in [2.45, 2.75) is 6.92 Å². The highest BCUT2D eigenvalue weighted by Gasteiger charge is 1.99. The van der Waals surface area contributed by atoms with E-state index in [0.29, 0.717) is 6.41 Å². The van der Waals surface area contributed by atoms with E-state index in [0.717, 1.165) is 22.5 Å². The van der Waals surface area contributed by atoms with Crippen molar-refractivity contribution in [3.8, 4) is 11.1 Å². The lowest BCUT2D eigenvalue weighted by molar-refractivity contribution is -0.105. The van der Waals surface area contributed by atoms with E-state index >= 15 is 0 Å². The van der Waals surface area contributed by atoms with Gasteiger partial charge in [-0.05, 0) is 42.3 Å². The molecule has 0 aliphatic heterocycles. The number of anilines is 1. The number of hydrogen-bond donors (Lipinski definition) is 1. The standard InChI is InChI=1S/C13H12N2O/c1-10-7-12(5-6-14-10)11-3-2-4-13(8-11)15-9-16/h2-9H,1H3,(H,15,16). The summed E-state index contributed by atoms with van der Waals surface area (Å²) < 4.78 is 0. The topological polar surface area (TPSA) is 42.0 Å². The summed E-state index contributed by atoms with van der Waals surface area (Å²) in [6, 6.07) is 11.7. The van der Waals surface area contributed by atoms with Gasteiger partial charge in [-0.15, -0.1) is 0 Å². The molecule has 3 heteroatoms. The molecule has 1 aromatic heterocycles. The number of nitrogens with zero attached hydrogens (tertiary/aromatic N) is 1. The van der Waals surface area contributed by atoms with Crippen molar-refractivity contribution in [1.82, 2.24) is 4.98 Å². The lowest BCUT2D eigenvalue weighted by Gasteiger charge is -2.04. The van der Waals surface area contributed by atoms with E-state index in [1.807, 2.05) is 43.3 Å². The first-order chi connectivity index (χ1) is 7.79. The van der Waals surface area contributed by atoms with Crippen molar-refractivity contribution in [3.63, 3.8) is 0 Å². The predicted molar refractivity (Wildman–Crippen MR) is 64.1 cm³/mol. The van der Waals surface area contributed by atoms with Crippen LogP contribution in [0.15, 0.2) is 42.6 Å². The summed E-state index contributed by atoms with van der Waals surface area (Å²) in [6.07, 6.45) is 2.46. The Bertz CT molecular complexity index is 509. The van der Waals surface area contributed by atoms with Crippen LogP contribution in [0.2, 0.25) is 0 Å². The van der Waals surface area contributed by atoms with Crippen molar-refractivity contribution >= 4 is 12.1 Å². The van der Waals surface area contributed by atoms with Crippen LogP contribution >= 0.6 is 0 Å². The monoisotopic (exact) mass is 212 g/mol. The Morgan fingerprint density at radius 2 is 2.00 bits per heavy atom. The zero-order valence-electron chi connectivity index (χ0n) is 8.97. The third-order valence-electron chi connectivity index (χ3n) is 2.32. The largest absolute Gasteiger partial charge is 0.329 e. The van der Waals surface area contributed by atoms with Crippen LogP contribution in [-0.4, -0.2) is 11.4 Å². The average molecular weight is 212 g/mol. The van der Waals surface area contributed by atoms with Gasteiger partial charge in [0.2, 0.25) is 6.41 Å². The first-order valence-corrected chi connectivity index (χ1v) is 5.03. The van der Waals surface area contributed by atoms with E-state index < -0.39 is 0 Å². The fraction of sp³-hybridized carbons (Fsp3) is 0.0769. The molecule has 80 valence electrons. The molecule has 1 amide bonds. The van der Waals surface area contributed by atoms with E-state index in [4.69, 9.17) is 0 Å². The van der Waals surface area contributed by atoms with Crippen molar-refractivity contribution in [2.75, 3.05) is 5.32 Å². The molecule has 0 fully saturated rings. The van der Waals surface area contributed by atoms with Crippen molar-refractivity contribution in [2.24, 2.45) is 0 Å². The molecule has 0 radical (unpaired) electrons. The third kappa shape index (κ3) is 2.25. The molecule has 0 saturated carbocycles. The van der Waals surface area contributed by atoms with Crippen molar-refractivity contribution in [3.05, 3.63) is 48.3 Å². The van der Waals surface area contributed by atoms with Gasteiger partial charge >= 0.3 is 0 Å². The molecule has 0 saturated heterocycles. The molecule has 2 rings (SSSR count). The average Bonchev–Trinajstić information content (AvgIpc) is 2.30. The Balaban J connectivity index is 2.40. The van der Waals surface area contributed by atoms with Crippen molar-refractivity contribution in [1.29, 1.82) is 0 Å². The molecule has 1 N–H and O–H groups in total. The Kier molecular flexibility index (Phi) is 2.96. The van der Waals surface area contributed by atoms with Gasteiger partial charge < -0.3 is 5.32 Å². The maximum absolute atomic E-state index is 10.4. The summed E-state index contributed by atoms with van der Waals surface area (Å²) in [6.45, 7) is 1.96.